The van der Waals surface area contributed by atoms with Gasteiger partial charge in [0.05, 0.1) is 6.20 Å². The van der Waals surface area contributed by atoms with E-state index in [0.717, 1.165) is 11.2 Å². The summed E-state index contributed by atoms with van der Waals surface area (Å²) in [4.78, 5) is 4.72. The fraction of sp³-hybridized carbons (Fsp3) is 0.300. The maximum Gasteiger partial charge on any atom is 0.140 e. The lowest BCUT2D eigenvalue weighted by Crippen LogP contribution is -2.08. The van der Waals surface area contributed by atoms with Crippen LogP contribution in [0.25, 0.3) is 32.9 Å². The van der Waals surface area contributed by atoms with E-state index in [9.17, 15) is 0 Å². The number of rotatable bonds is 2. The first kappa shape index (κ1) is 13.8. The topological polar surface area (TPSA) is 35.6 Å². The molecule has 0 amide bonds. The van der Waals surface area contributed by atoms with Gasteiger partial charge < -0.3 is 4.57 Å². The minimum Gasteiger partial charge on any atom is -0.335 e. The Balaban J connectivity index is 1.81. The molecule has 1 saturated carbocycles. The highest BCUT2D eigenvalue weighted by Gasteiger charge is 2.24. The smallest absolute Gasteiger partial charge is 0.140 e. The van der Waals surface area contributed by atoms with Crippen molar-refractivity contribution < 1.29 is 0 Å². The average Bonchev–Trinajstić information content (AvgIpc) is 3.10. The molecule has 5 rings (SSSR count). The van der Waals surface area contributed by atoms with Gasteiger partial charge in [0.1, 0.15) is 5.65 Å². The first-order valence-corrected chi connectivity index (χ1v) is 8.57. The second-order valence-electron chi connectivity index (χ2n) is 6.98. The van der Waals surface area contributed by atoms with Crippen molar-refractivity contribution in [2.24, 2.45) is 14.1 Å². The van der Waals surface area contributed by atoms with E-state index >= 15 is 0 Å². The molecule has 24 heavy (non-hydrogen) atoms. The minimum atomic E-state index is 0.697. The van der Waals surface area contributed by atoms with Crippen molar-refractivity contribution in [3.05, 3.63) is 48.5 Å². The van der Waals surface area contributed by atoms with E-state index in [2.05, 4.69) is 47.3 Å². The highest BCUT2D eigenvalue weighted by Crippen LogP contribution is 2.42. The molecule has 0 bridgehead atoms. The molecule has 4 nitrogen and oxygen atoms in total. The lowest BCUT2D eigenvalue weighted by molar-refractivity contribution is 0.421. The van der Waals surface area contributed by atoms with Crippen molar-refractivity contribution in [2.45, 2.75) is 25.2 Å². The van der Waals surface area contributed by atoms with Crippen LogP contribution in [0.15, 0.2) is 43.0 Å². The van der Waals surface area contributed by atoms with Gasteiger partial charge in [0.25, 0.3) is 0 Å². The summed E-state index contributed by atoms with van der Waals surface area (Å²) in [7, 11) is 4.06. The van der Waals surface area contributed by atoms with Gasteiger partial charge in [-0.15, -0.1) is 0 Å². The number of hydrogen-bond acceptors (Lipinski definition) is 2. The molecule has 1 aliphatic rings. The van der Waals surface area contributed by atoms with Crippen molar-refractivity contribution in [1.82, 2.24) is 19.3 Å². The van der Waals surface area contributed by atoms with Crippen LogP contribution in [0.3, 0.4) is 0 Å². The Hall–Kier alpha value is -2.62. The number of aryl methyl sites for hydroxylation is 2. The van der Waals surface area contributed by atoms with Crippen LogP contribution in [0.5, 0.6) is 0 Å². The maximum atomic E-state index is 4.72. The minimum absolute atomic E-state index is 0.697. The molecule has 1 aromatic carbocycles. The predicted molar refractivity (Wildman–Crippen MR) is 97.0 cm³/mol. The third kappa shape index (κ3) is 1.92. The zero-order chi connectivity index (χ0) is 16.3. The Morgan fingerprint density at radius 2 is 1.92 bits per heavy atom. The van der Waals surface area contributed by atoms with Gasteiger partial charge in [-0.05, 0) is 41.3 Å². The van der Waals surface area contributed by atoms with Gasteiger partial charge in [-0.25, -0.2) is 4.98 Å². The molecule has 0 radical (unpaired) electrons. The molecule has 3 heterocycles. The summed E-state index contributed by atoms with van der Waals surface area (Å²) in [5.41, 5.74) is 4.94. The molecular formula is C20H20N4. The maximum absolute atomic E-state index is 4.72. The Morgan fingerprint density at radius 3 is 2.62 bits per heavy atom. The van der Waals surface area contributed by atoms with Gasteiger partial charge in [0.15, 0.2) is 0 Å². The molecule has 4 aromatic rings. The average molecular weight is 316 g/mol. The summed E-state index contributed by atoms with van der Waals surface area (Å²) in [6.07, 6.45) is 12.2. The third-order valence-corrected chi connectivity index (χ3v) is 5.41. The van der Waals surface area contributed by atoms with E-state index < -0.39 is 0 Å². The summed E-state index contributed by atoms with van der Waals surface area (Å²) in [5, 5.41) is 8.17. The highest BCUT2D eigenvalue weighted by molar-refractivity contribution is 6.08. The molecule has 120 valence electrons. The molecule has 0 saturated heterocycles. The van der Waals surface area contributed by atoms with Crippen LogP contribution in [0, 0.1) is 0 Å². The summed E-state index contributed by atoms with van der Waals surface area (Å²) >= 11 is 0. The number of nitrogens with zero attached hydrogens (tertiary/aromatic N) is 4. The van der Waals surface area contributed by atoms with Gasteiger partial charge in [0.2, 0.25) is 0 Å². The van der Waals surface area contributed by atoms with Crippen LogP contribution in [-0.4, -0.2) is 19.3 Å². The zero-order valence-corrected chi connectivity index (χ0v) is 14.0. The number of benzene rings is 1. The standard InChI is InChI=1S/C20H20N4/c1-23-12-18(13-4-3-5-13)19-17-8-14(16-10-22-24(2)11-16)6-7-15(17)9-21-20(19)23/h6-13H,3-5H2,1-2H3. The van der Waals surface area contributed by atoms with Crippen LogP contribution in [0.2, 0.25) is 0 Å². The van der Waals surface area contributed by atoms with E-state index in [-0.39, 0.29) is 0 Å². The van der Waals surface area contributed by atoms with Gasteiger partial charge >= 0.3 is 0 Å². The molecule has 1 fully saturated rings. The largest absolute Gasteiger partial charge is 0.335 e. The van der Waals surface area contributed by atoms with Gasteiger partial charge in [-0.3, -0.25) is 4.68 Å². The number of fused-ring (bicyclic) bond motifs is 3. The van der Waals surface area contributed by atoms with Crippen LogP contribution in [-0.2, 0) is 14.1 Å². The van der Waals surface area contributed by atoms with E-state index in [1.807, 2.05) is 24.1 Å². The third-order valence-electron chi connectivity index (χ3n) is 5.41. The summed E-state index contributed by atoms with van der Waals surface area (Å²) in [6.45, 7) is 0. The molecule has 0 aliphatic heterocycles. The van der Waals surface area contributed by atoms with E-state index in [4.69, 9.17) is 4.98 Å². The monoisotopic (exact) mass is 316 g/mol. The second-order valence-corrected chi connectivity index (χ2v) is 6.98. The zero-order valence-electron chi connectivity index (χ0n) is 14.0. The predicted octanol–water partition coefficient (Wildman–Crippen LogP) is 4.39. The van der Waals surface area contributed by atoms with Crippen molar-refractivity contribution in [3.63, 3.8) is 0 Å². The van der Waals surface area contributed by atoms with Crippen molar-refractivity contribution in [3.8, 4) is 11.1 Å². The molecule has 0 atom stereocenters. The number of aromatic nitrogens is 4. The van der Waals surface area contributed by atoms with Crippen LogP contribution in [0.1, 0.15) is 30.7 Å². The van der Waals surface area contributed by atoms with Crippen LogP contribution < -0.4 is 0 Å². The Labute approximate surface area is 140 Å². The van der Waals surface area contributed by atoms with Crippen molar-refractivity contribution >= 4 is 21.8 Å². The molecule has 0 N–H and O–H groups in total. The fourth-order valence-corrected chi connectivity index (χ4v) is 3.87. The lowest BCUT2D eigenvalue weighted by Gasteiger charge is -2.25. The lowest BCUT2D eigenvalue weighted by atomic mass is 9.79. The Bertz CT molecular complexity index is 1070. The van der Waals surface area contributed by atoms with E-state index in [0.29, 0.717) is 5.92 Å². The normalized spacial score (nSPS) is 15.2. The van der Waals surface area contributed by atoms with Crippen LogP contribution in [0.4, 0.5) is 0 Å². The molecule has 0 spiro atoms. The number of hydrogen-bond donors (Lipinski definition) is 0. The van der Waals surface area contributed by atoms with Gasteiger partial charge in [-0.1, -0.05) is 18.6 Å². The molecule has 0 unspecified atom stereocenters. The van der Waals surface area contributed by atoms with E-state index in [1.54, 1.807) is 0 Å². The Kier molecular flexibility index (Phi) is 2.84. The molecular weight excluding hydrogens is 296 g/mol. The van der Waals surface area contributed by atoms with E-state index in [1.165, 1.54) is 46.5 Å². The first-order valence-electron chi connectivity index (χ1n) is 8.57. The molecule has 3 aromatic heterocycles. The number of pyridine rings is 1. The van der Waals surface area contributed by atoms with Gasteiger partial charge in [-0.2, -0.15) is 5.10 Å². The first-order chi connectivity index (χ1) is 11.7. The molecule has 4 heteroatoms. The Morgan fingerprint density at radius 1 is 1.04 bits per heavy atom. The summed E-state index contributed by atoms with van der Waals surface area (Å²) in [5.74, 6) is 0.697. The summed E-state index contributed by atoms with van der Waals surface area (Å²) in [6, 6.07) is 6.65. The molecule has 1 aliphatic carbocycles. The second kappa shape index (κ2) is 4.94. The van der Waals surface area contributed by atoms with Crippen molar-refractivity contribution in [2.75, 3.05) is 0 Å². The highest BCUT2D eigenvalue weighted by atomic mass is 15.2. The summed E-state index contributed by atoms with van der Waals surface area (Å²) < 4.78 is 4.03. The SMILES string of the molecule is Cn1cc(-c2ccc3cnc4c(c(C5CCC5)cn4C)c3c2)cn1. The quantitative estimate of drug-likeness (QED) is 0.549. The van der Waals surface area contributed by atoms with Crippen LogP contribution >= 0.6 is 0 Å². The van der Waals surface area contributed by atoms with Crippen molar-refractivity contribution in [1.29, 1.82) is 0 Å². The van der Waals surface area contributed by atoms with Gasteiger partial charge in [0, 0.05) is 49.0 Å². The fourth-order valence-electron chi connectivity index (χ4n) is 3.87.